The first kappa shape index (κ1) is 15.1. The summed E-state index contributed by atoms with van der Waals surface area (Å²) in [7, 11) is 0. The van der Waals surface area contributed by atoms with Crippen molar-refractivity contribution in [2.75, 3.05) is 13.1 Å². The molecule has 0 saturated heterocycles. The Morgan fingerprint density at radius 3 is 2.14 bits per heavy atom. The Balaban J connectivity index is 1.78. The number of rotatable bonds is 4. The van der Waals surface area contributed by atoms with Crippen LogP contribution in [0.15, 0.2) is 24.3 Å². The van der Waals surface area contributed by atoms with Crippen LogP contribution < -0.4 is 5.32 Å². The lowest BCUT2D eigenvalue weighted by atomic mass is 9.48. The van der Waals surface area contributed by atoms with E-state index < -0.39 is 0 Å². The quantitative estimate of drug-likeness (QED) is 0.823. The Labute approximate surface area is 130 Å². The average molecular weight is 285 g/mol. The van der Waals surface area contributed by atoms with E-state index in [0.717, 1.165) is 13.1 Å². The Hall–Kier alpha value is -0.820. The van der Waals surface area contributed by atoms with Gasteiger partial charge in [-0.15, -0.1) is 0 Å². The molecular weight excluding hydrogens is 254 g/mol. The second-order valence-electron chi connectivity index (χ2n) is 7.69. The van der Waals surface area contributed by atoms with Gasteiger partial charge in [0, 0.05) is 12.0 Å². The van der Waals surface area contributed by atoms with E-state index in [0.29, 0.717) is 10.8 Å². The molecule has 0 radical (unpaired) electrons. The van der Waals surface area contributed by atoms with Gasteiger partial charge >= 0.3 is 0 Å². The van der Waals surface area contributed by atoms with Gasteiger partial charge in [-0.2, -0.15) is 0 Å². The molecule has 1 N–H and O–H groups in total. The lowest BCUT2D eigenvalue weighted by Crippen LogP contribution is -2.54. The third-order valence-electron chi connectivity index (χ3n) is 5.97. The van der Waals surface area contributed by atoms with E-state index >= 15 is 0 Å². The number of benzene rings is 1. The number of hydrogen-bond acceptors (Lipinski definition) is 1. The van der Waals surface area contributed by atoms with Gasteiger partial charge in [0.2, 0.25) is 0 Å². The minimum absolute atomic E-state index is 0.411. The normalized spacial score (nSPS) is 23.5. The van der Waals surface area contributed by atoms with E-state index in [1.54, 1.807) is 5.56 Å². The predicted octanol–water partition coefficient (Wildman–Crippen LogP) is 4.98. The molecule has 0 atom stereocenters. The summed E-state index contributed by atoms with van der Waals surface area (Å²) in [5, 5.41) is 3.64. The van der Waals surface area contributed by atoms with Crippen molar-refractivity contribution >= 4 is 0 Å². The van der Waals surface area contributed by atoms with Gasteiger partial charge in [-0.25, -0.2) is 0 Å². The summed E-state index contributed by atoms with van der Waals surface area (Å²) >= 11 is 0. The molecule has 0 aromatic heterocycles. The van der Waals surface area contributed by atoms with E-state index in [2.05, 4.69) is 43.4 Å². The molecule has 1 aromatic carbocycles. The molecule has 1 nitrogen and oxygen atoms in total. The van der Waals surface area contributed by atoms with Crippen LogP contribution in [-0.4, -0.2) is 13.1 Å². The second kappa shape index (κ2) is 6.12. The van der Waals surface area contributed by atoms with Gasteiger partial charge in [0.25, 0.3) is 0 Å². The van der Waals surface area contributed by atoms with Crippen molar-refractivity contribution < 1.29 is 0 Å². The van der Waals surface area contributed by atoms with Gasteiger partial charge in [0.05, 0.1) is 0 Å². The Bertz CT molecular complexity index is 443. The molecule has 3 rings (SSSR count). The first-order valence-electron chi connectivity index (χ1n) is 8.96. The molecular formula is C20H31N. The molecule has 0 aliphatic heterocycles. The first-order valence-corrected chi connectivity index (χ1v) is 8.96. The molecule has 2 fully saturated rings. The average Bonchev–Trinajstić information content (AvgIpc) is 2.70. The van der Waals surface area contributed by atoms with Crippen LogP contribution in [0.25, 0.3) is 0 Å². The fraction of sp³-hybridized carbons (Fsp3) is 0.700. The number of likely N-dealkylation sites (N-methyl/N-ethyl adjacent to an activating group) is 1. The minimum atomic E-state index is 0.411. The lowest BCUT2D eigenvalue weighted by molar-refractivity contribution is 0.00643. The van der Waals surface area contributed by atoms with Gasteiger partial charge in [0.15, 0.2) is 0 Å². The highest BCUT2D eigenvalue weighted by atomic mass is 14.9. The van der Waals surface area contributed by atoms with Gasteiger partial charge in [-0.1, -0.05) is 62.4 Å². The maximum Gasteiger partial charge on any atom is 0.00883 e. The van der Waals surface area contributed by atoms with Crippen LogP contribution in [0.2, 0.25) is 0 Å². The fourth-order valence-corrected chi connectivity index (χ4v) is 4.92. The van der Waals surface area contributed by atoms with Crippen LogP contribution in [0.1, 0.15) is 69.4 Å². The summed E-state index contributed by atoms with van der Waals surface area (Å²) in [5.41, 5.74) is 4.04. The molecule has 2 aliphatic carbocycles. The molecule has 116 valence electrons. The van der Waals surface area contributed by atoms with E-state index in [1.807, 2.05) is 0 Å². The zero-order chi connectivity index (χ0) is 14.8. The van der Waals surface area contributed by atoms with Crippen LogP contribution in [0.5, 0.6) is 0 Å². The highest BCUT2D eigenvalue weighted by Gasteiger charge is 2.54. The highest BCUT2D eigenvalue weighted by Crippen LogP contribution is 2.61. The molecule has 2 saturated carbocycles. The van der Waals surface area contributed by atoms with Crippen molar-refractivity contribution in [2.24, 2.45) is 5.41 Å². The Morgan fingerprint density at radius 2 is 1.57 bits per heavy atom. The van der Waals surface area contributed by atoms with Crippen molar-refractivity contribution in [1.29, 1.82) is 0 Å². The maximum atomic E-state index is 3.64. The molecule has 1 aromatic rings. The van der Waals surface area contributed by atoms with E-state index in [9.17, 15) is 0 Å². The van der Waals surface area contributed by atoms with Crippen LogP contribution in [0, 0.1) is 12.3 Å². The van der Waals surface area contributed by atoms with Gasteiger partial charge in [0.1, 0.15) is 0 Å². The lowest BCUT2D eigenvalue weighted by Gasteiger charge is -2.57. The summed E-state index contributed by atoms with van der Waals surface area (Å²) in [6.07, 6.45) is 11.6. The van der Waals surface area contributed by atoms with Crippen molar-refractivity contribution in [1.82, 2.24) is 5.32 Å². The molecule has 0 heterocycles. The minimum Gasteiger partial charge on any atom is -0.316 e. The SMILES string of the molecule is CCNCC1(c2ccc(C)cc2)CC2(CCCCCC2)C1. The largest absolute Gasteiger partial charge is 0.316 e. The van der Waals surface area contributed by atoms with Gasteiger partial charge < -0.3 is 5.32 Å². The third-order valence-corrected chi connectivity index (χ3v) is 5.97. The first-order chi connectivity index (χ1) is 10.2. The summed E-state index contributed by atoms with van der Waals surface area (Å²) in [5.74, 6) is 0. The van der Waals surface area contributed by atoms with Crippen LogP contribution in [0.4, 0.5) is 0 Å². The van der Waals surface area contributed by atoms with Crippen molar-refractivity contribution in [3.05, 3.63) is 35.4 Å². The number of hydrogen-bond donors (Lipinski definition) is 1. The number of aryl methyl sites for hydroxylation is 1. The summed E-state index contributed by atoms with van der Waals surface area (Å²) in [4.78, 5) is 0. The molecule has 0 amide bonds. The van der Waals surface area contributed by atoms with Crippen molar-refractivity contribution in [3.8, 4) is 0 Å². The molecule has 0 unspecified atom stereocenters. The summed E-state index contributed by atoms with van der Waals surface area (Å²) in [6.45, 7) is 6.66. The summed E-state index contributed by atoms with van der Waals surface area (Å²) in [6, 6.07) is 9.36. The molecule has 2 aliphatic rings. The highest BCUT2D eigenvalue weighted by molar-refractivity contribution is 5.33. The fourth-order valence-electron chi connectivity index (χ4n) is 4.92. The Kier molecular flexibility index (Phi) is 4.40. The predicted molar refractivity (Wildman–Crippen MR) is 90.8 cm³/mol. The standard InChI is InChI=1S/C20H31N/c1-3-21-16-20(18-10-8-17(2)9-11-18)14-19(15-20)12-6-4-5-7-13-19/h8-11,21H,3-7,12-16H2,1-2H3. The molecule has 21 heavy (non-hydrogen) atoms. The topological polar surface area (TPSA) is 12.0 Å². The van der Waals surface area contributed by atoms with Gasteiger partial charge in [-0.05, 0) is 50.1 Å². The monoisotopic (exact) mass is 285 g/mol. The van der Waals surface area contributed by atoms with Crippen LogP contribution >= 0.6 is 0 Å². The van der Waals surface area contributed by atoms with E-state index in [-0.39, 0.29) is 0 Å². The van der Waals surface area contributed by atoms with Crippen molar-refractivity contribution in [3.63, 3.8) is 0 Å². The number of nitrogens with one attached hydrogen (secondary N) is 1. The van der Waals surface area contributed by atoms with E-state index in [1.165, 1.54) is 56.9 Å². The van der Waals surface area contributed by atoms with E-state index in [4.69, 9.17) is 0 Å². The second-order valence-corrected chi connectivity index (χ2v) is 7.69. The zero-order valence-corrected chi connectivity index (χ0v) is 13.9. The molecule has 1 heteroatoms. The van der Waals surface area contributed by atoms with Crippen LogP contribution in [0.3, 0.4) is 0 Å². The molecule has 1 spiro atoms. The zero-order valence-electron chi connectivity index (χ0n) is 13.9. The van der Waals surface area contributed by atoms with Crippen LogP contribution in [-0.2, 0) is 5.41 Å². The maximum absolute atomic E-state index is 3.64. The molecule has 0 bridgehead atoms. The van der Waals surface area contributed by atoms with Crippen molar-refractivity contribution in [2.45, 2.75) is 70.6 Å². The smallest absolute Gasteiger partial charge is 0.00883 e. The summed E-state index contributed by atoms with van der Waals surface area (Å²) < 4.78 is 0. The van der Waals surface area contributed by atoms with Gasteiger partial charge in [-0.3, -0.25) is 0 Å². The third kappa shape index (κ3) is 3.04. The Morgan fingerprint density at radius 1 is 0.952 bits per heavy atom.